The van der Waals surface area contributed by atoms with Crippen molar-refractivity contribution in [1.82, 2.24) is 10.3 Å². The molecule has 148 valence electrons. The highest BCUT2D eigenvalue weighted by Gasteiger charge is 2.19. The van der Waals surface area contributed by atoms with Crippen molar-refractivity contribution in [3.8, 4) is 11.5 Å². The van der Waals surface area contributed by atoms with Crippen LogP contribution in [0.3, 0.4) is 0 Å². The first-order chi connectivity index (χ1) is 13.7. The molecular weight excluding hydrogens is 354 g/mol. The van der Waals surface area contributed by atoms with Gasteiger partial charge in [-0.3, -0.25) is 9.78 Å². The van der Waals surface area contributed by atoms with Gasteiger partial charge >= 0.3 is 0 Å². The zero-order chi connectivity index (χ0) is 19.8. The summed E-state index contributed by atoms with van der Waals surface area (Å²) in [5.41, 5.74) is 2.06. The number of ether oxygens (including phenoxy) is 2. The Labute approximate surface area is 166 Å². The summed E-state index contributed by atoms with van der Waals surface area (Å²) < 4.78 is 10.5. The Hall–Kier alpha value is -3.02. The number of hydrogen-bond donors (Lipinski definition) is 1. The predicted molar refractivity (Wildman–Crippen MR) is 111 cm³/mol. The normalized spacial score (nSPS) is 14.9. The number of hydrogen-bond acceptors (Lipinski definition) is 5. The van der Waals surface area contributed by atoms with Crippen LogP contribution in [0.1, 0.15) is 18.4 Å². The molecule has 0 saturated carbocycles. The van der Waals surface area contributed by atoms with E-state index in [9.17, 15) is 4.79 Å². The maximum atomic E-state index is 12.1. The van der Waals surface area contributed by atoms with E-state index >= 15 is 0 Å². The second kappa shape index (κ2) is 9.78. The third-order valence-corrected chi connectivity index (χ3v) is 5.03. The van der Waals surface area contributed by atoms with Crippen LogP contribution in [0.5, 0.6) is 11.5 Å². The number of piperidine rings is 1. The Kier molecular flexibility index (Phi) is 6.89. The van der Waals surface area contributed by atoms with E-state index in [-0.39, 0.29) is 5.91 Å². The lowest BCUT2D eigenvalue weighted by Gasteiger charge is -2.33. The van der Waals surface area contributed by atoms with Crippen LogP contribution in [0.4, 0.5) is 5.69 Å². The summed E-state index contributed by atoms with van der Waals surface area (Å²) in [6, 6.07) is 9.61. The second-order valence-corrected chi connectivity index (χ2v) is 6.83. The molecule has 0 radical (unpaired) electrons. The molecule has 0 bridgehead atoms. The van der Waals surface area contributed by atoms with Crippen molar-refractivity contribution in [1.29, 1.82) is 0 Å². The van der Waals surface area contributed by atoms with Crippen molar-refractivity contribution in [3.63, 3.8) is 0 Å². The molecule has 0 aliphatic carbocycles. The Morgan fingerprint density at radius 1 is 1.21 bits per heavy atom. The van der Waals surface area contributed by atoms with Crippen LogP contribution in [-0.4, -0.2) is 44.7 Å². The highest BCUT2D eigenvalue weighted by Crippen LogP contribution is 2.28. The quantitative estimate of drug-likeness (QED) is 0.747. The van der Waals surface area contributed by atoms with Crippen molar-refractivity contribution in [3.05, 3.63) is 54.4 Å². The largest absolute Gasteiger partial charge is 0.493 e. The number of anilines is 1. The van der Waals surface area contributed by atoms with Gasteiger partial charge in [0.15, 0.2) is 11.5 Å². The summed E-state index contributed by atoms with van der Waals surface area (Å²) in [7, 11) is 3.19. The van der Waals surface area contributed by atoms with Gasteiger partial charge in [-0.05, 0) is 54.7 Å². The Bertz CT molecular complexity index is 800. The van der Waals surface area contributed by atoms with Gasteiger partial charge in [0.05, 0.1) is 26.1 Å². The Balaban J connectivity index is 1.44. The van der Waals surface area contributed by atoms with Crippen LogP contribution in [0.25, 0.3) is 6.08 Å². The fourth-order valence-corrected chi connectivity index (χ4v) is 3.37. The molecule has 6 nitrogen and oxygen atoms in total. The van der Waals surface area contributed by atoms with Gasteiger partial charge < -0.3 is 19.7 Å². The first-order valence-corrected chi connectivity index (χ1v) is 9.52. The molecule has 2 aromatic rings. The number of benzene rings is 1. The number of pyridine rings is 1. The Morgan fingerprint density at radius 3 is 2.68 bits per heavy atom. The number of rotatable bonds is 7. The minimum absolute atomic E-state index is 0.0792. The van der Waals surface area contributed by atoms with E-state index in [0.29, 0.717) is 24.0 Å². The summed E-state index contributed by atoms with van der Waals surface area (Å²) in [5, 5.41) is 3.02. The second-order valence-electron chi connectivity index (χ2n) is 6.83. The van der Waals surface area contributed by atoms with Crippen molar-refractivity contribution in [2.75, 3.05) is 38.8 Å². The third-order valence-electron chi connectivity index (χ3n) is 5.03. The number of methoxy groups -OCH3 is 2. The topological polar surface area (TPSA) is 63.7 Å². The van der Waals surface area contributed by atoms with Crippen molar-refractivity contribution in [2.24, 2.45) is 5.92 Å². The lowest BCUT2D eigenvalue weighted by molar-refractivity contribution is -0.116. The molecule has 1 amide bonds. The van der Waals surface area contributed by atoms with Gasteiger partial charge in [0.25, 0.3) is 0 Å². The molecule has 1 saturated heterocycles. The lowest BCUT2D eigenvalue weighted by Crippen LogP contribution is -2.38. The Morgan fingerprint density at radius 2 is 2.00 bits per heavy atom. The first-order valence-electron chi connectivity index (χ1n) is 9.52. The smallest absolute Gasteiger partial charge is 0.244 e. The fraction of sp³-hybridized carbons (Fsp3) is 0.364. The van der Waals surface area contributed by atoms with Gasteiger partial charge in [-0.15, -0.1) is 0 Å². The lowest BCUT2D eigenvalue weighted by atomic mass is 9.96. The van der Waals surface area contributed by atoms with E-state index < -0.39 is 0 Å². The summed E-state index contributed by atoms with van der Waals surface area (Å²) >= 11 is 0. The maximum absolute atomic E-state index is 12.1. The fourth-order valence-electron chi connectivity index (χ4n) is 3.37. The molecule has 1 fully saturated rings. The predicted octanol–water partition coefficient (Wildman–Crippen LogP) is 3.14. The van der Waals surface area contributed by atoms with E-state index in [1.807, 2.05) is 30.5 Å². The van der Waals surface area contributed by atoms with Gasteiger partial charge in [-0.1, -0.05) is 6.07 Å². The summed E-state index contributed by atoms with van der Waals surface area (Å²) in [4.78, 5) is 18.7. The standard InChI is InChI=1S/C22H27N3O3/c1-27-20-7-5-17(14-21(20)28-2)6-8-22(26)24-15-18-9-12-25(13-10-18)19-4-3-11-23-16-19/h3-8,11,14,16,18H,9-10,12-13,15H2,1-2H3,(H,24,26)/b8-6+. The molecule has 1 aliphatic heterocycles. The van der Waals surface area contributed by atoms with Crippen LogP contribution in [-0.2, 0) is 4.79 Å². The van der Waals surface area contributed by atoms with E-state index in [4.69, 9.17) is 9.47 Å². The molecule has 3 rings (SSSR count). The number of nitrogens with one attached hydrogen (secondary N) is 1. The zero-order valence-electron chi connectivity index (χ0n) is 16.4. The molecule has 6 heteroatoms. The monoisotopic (exact) mass is 381 g/mol. The van der Waals surface area contributed by atoms with Gasteiger partial charge in [0.1, 0.15) is 0 Å². The molecule has 1 aromatic carbocycles. The van der Waals surface area contributed by atoms with Crippen LogP contribution in [0, 0.1) is 5.92 Å². The van der Waals surface area contributed by atoms with E-state index in [1.165, 1.54) is 5.69 Å². The summed E-state index contributed by atoms with van der Waals surface area (Å²) in [6.07, 6.45) is 9.17. The SMILES string of the molecule is COc1ccc(/C=C/C(=O)NCC2CCN(c3cccnc3)CC2)cc1OC. The molecule has 1 aliphatic rings. The maximum Gasteiger partial charge on any atom is 0.244 e. The van der Waals surface area contributed by atoms with Crippen molar-refractivity contribution in [2.45, 2.75) is 12.8 Å². The van der Waals surface area contributed by atoms with Gasteiger partial charge in [0.2, 0.25) is 5.91 Å². The molecule has 1 N–H and O–H groups in total. The molecule has 0 spiro atoms. The molecule has 2 heterocycles. The van der Waals surface area contributed by atoms with Gasteiger partial charge in [-0.2, -0.15) is 0 Å². The highest BCUT2D eigenvalue weighted by molar-refractivity contribution is 5.91. The first kappa shape index (κ1) is 19.7. The van der Waals surface area contributed by atoms with E-state index in [2.05, 4.69) is 21.3 Å². The molecular formula is C22H27N3O3. The average molecular weight is 381 g/mol. The minimum Gasteiger partial charge on any atom is -0.493 e. The zero-order valence-corrected chi connectivity index (χ0v) is 16.4. The molecule has 1 aromatic heterocycles. The average Bonchev–Trinajstić information content (AvgIpc) is 2.77. The summed E-state index contributed by atoms with van der Waals surface area (Å²) in [6.45, 7) is 2.69. The molecule has 28 heavy (non-hydrogen) atoms. The number of carbonyl (C=O) groups is 1. The van der Waals surface area contributed by atoms with Crippen LogP contribution in [0.15, 0.2) is 48.8 Å². The van der Waals surface area contributed by atoms with Crippen LogP contribution >= 0.6 is 0 Å². The third kappa shape index (κ3) is 5.25. The number of carbonyl (C=O) groups excluding carboxylic acids is 1. The highest BCUT2D eigenvalue weighted by atomic mass is 16.5. The van der Waals surface area contributed by atoms with Crippen LogP contribution < -0.4 is 19.7 Å². The number of aromatic nitrogens is 1. The van der Waals surface area contributed by atoms with E-state index in [1.54, 1.807) is 32.6 Å². The van der Waals surface area contributed by atoms with Gasteiger partial charge in [0, 0.05) is 31.9 Å². The molecule has 0 unspecified atom stereocenters. The number of nitrogens with zero attached hydrogens (tertiary/aromatic N) is 2. The van der Waals surface area contributed by atoms with Gasteiger partial charge in [-0.25, -0.2) is 0 Å². The van der Waals surface area contributed by atoms with Crippen molar-refractivity contribution < 1.29 is 14.3 Å². The minimum atomic E-state index is -0.0792. The number of amides is 1. The summed E-state index contributed by atoms with van der Waals surface area (Å²) in [5.74, 6) is 1.74. The van der Waals surface area contributed by atoms with Crippen molar-refractivity contribution >= 4 is 17.7 Å². The van der Waals surface area contributed by atoms with E-state index in [0.717, 1.165) is 31.5 Å². The molecule has 0 atom stereocenters. The van der Waals surface area contributed by atoms with Crippen LogP contribution in [0.2, 0.25) is 0 Å².